The number of hydrogen-bond donors (Lipinski definition) is 2. The number of amides is 2. The van der Waals surface area contributed by atoms with Gasteiger partial charge in [-0.15, -0.1) is 0 Å². The van der Waals surface area contributed by atoms with Crippen molar-refractivity contribution in [3.63, 3.8) is 0 Å². The zero-order valence-electron chi connectivity index (χ0n) is 17.4. The van der Waals surface area contributed by atoms with Gasteiger partial charge in [0.1, 0.15) is 0 Å². The van der Waals surface area contributed by atoms with E-state index in [9.17, 15) is 9.59 Å². The van der Waals surface area contributed by atoms with Crippen molar-refractivity contribution in [1.29, 1.82) is 0 Å². The van der Waals surface area contributed by atoms with Gasteiger partial charge in [0.25, 0.3) is 11.8 Å². The fraction of sp³-hybridized carbons (Fsp3) is 0.348. The normalized spacial score (nSPS) is 14.6. The SMILES string of the molecule is CN=C(NCCN1C(=O)c2ccccc2C1=O)NCC(C)COCc1ccccc1. The Labute approximate surface area is 177 Å². The van der Waals surface area contributed by atoms with Crippen LogP contribution in [0.3, 0.4) is 0 Å². The molecule has 7 heteroatoms. The third-order valence-electron chi connectivity index (χ3n) is 4.86. The van der Waals surface area contributed by atoms with Gasteiger partial charge in [0.05, 0.1) is 24.3 Å². The van der Waals surface area contributed by atoms with E-state index in [-0.39, 0.29) is 18.4 Å². The second-order valence-corrected chi connectivity index (χ2v) is 7.29. The summed E-state index contributed by atoms with van der Waals surface area (Å²) in [7, 11) is 1.69. The van der Waals surface area contributed by atoms with Crippen LogP contribution in [0.1, 0.15) is 33.2 Å². The molecule has 1 aliphatic rings. The lowest BCUT2D eigenvalue weighted by Gasteiger charge is -2.18. The van der Waals surface area contributed by atoms with Crippen molar-refractivity contribution in [2.45, 2.75) is 13.5 Å². The molecule has 0 aromatic heterocycles. The Kier molecular flexibility index (Phi) is 7.57. The van der Waals surface area contributed by atoms with Gasteiger partial charge in [-0.1, -0.05) is 49.4 Å². The number of guanidine groups is 1. The topological polar surface area (TPSA) is 83.0 Å². The zero-order chi connectivity index (χ0) is 21.3. The highest BCUT2D eigenvalue weighted by Gasteiger charge is 2.34. The monoisotopic (exact) mass is 408 g/mol. The molecule has 30 heavy (non-hydrogen) atoms. The van der Waals surface area contributed by atoms with E-state index in [1.165, 1.54) is 4.90 Å². The van der Waals surface area contributed by atoms with E-state index in [0.29, 0.717) is 49.3 Å². The second-order valence-electron chi connectivity index (χ2n) is 7.29. The summed E-state index contributed by atoms with van der Waals surface area (Å²) in [5, 5.41) is 6.41. The zero-order valence-corrected chi connectivity index (χ0v) is 17.4. The molecule has 1 atom stereocenters. The number of nitrogens with one attached hydrogen (secondary N) is 2. The number of ether oxygens (including phenoxy) is 1. The molecule has 2 aromatic rings. The maximum atomic E-state index is 12.4. The second kappa shape index (κ2) is 10.5. The van der Waals surface area contributed by atoms with Gasteiger partial charge >= 0.3 is 0 Å². The van der Waals surface area contributed by atoms with Crippen molar-refractivity contribution in [3.05, 3.63) is 71.3 Å². The van der Waals surface area contributed by atoms with Gasteiger partial charge in [0.15, 0.2) is 5.96 Å². The average Bonchev–Trinajstić information content (AvgIpc) is 3.01. The molecule has 0 aliphatic carbocycles. The molecule has 0 spiro atoms. The summed E-state index contributed by atoms with van der Waals surface area (Å²) in [4.78, 5) is 30.2. The van der Waals surface area contributed by atoms with Gasteiger partial charge in [-0.2, -0.15) is 0 Å². The molecule has 1 heterocycles. The number of rotatable bonds is 9. The lowest BCUT2D eigenvalue weighted by atomic mass is 10.1. The molecule has 2 N–H and O–H groups in total. The summed E-state index contributed by atoms with van der Waals surface area (Å²) >= 11 is 0. The van der Waals surface area contributed by atoms with Crippen LogP contribution in [0.5, 0.6) is 0 Å². The third-order valence-corrected chi connectivity index (χ3v) is 4.86. The quantitative estimate of drug-likeness (QED) is 0.378. The number of imide groups is 1. The first-order valence-electron chi connectivity index (χ1n) is 10.1. The summed E-state index contributed by atoms with van der Waals surface area (Å²) in [6, 6.07) is 17.0. The molecule has 2 amide bonds. The molecule has 0 saturated carbocycles. The predicted molar refractivity (Wildman–Crippen MR) is 116 cm³/mol. The lowest BCUT2D eigenvalue weighted by Crippen LogP contribution is -2.44. The maximum Gasteiger partial charge on any atom is 0.261 e. The molecule has 2 aromatic carbocycles. The van der Waals surface area contributed by atoms with Gasteiger partial charge < -0.3 is 15.4 Å². The van der Waals surface area contributed by atoms with Crippen LogP contribution in [0.2, 0.25) is 0 Å². The van der Waals surface area contributed by atoms with Gasteiger partial charge in [0, 0.05) is 26.7 Å². The van der Waals surface area contributed by atoms with Crippen LogP contribution in [-0.2, 0) is 11.3 Å². The molecular formula is C23H28N4O3. The van der Waals surface area contributed by atoms with E-state index in [4.69, 9.17) is 4.74 Å². The van der Waals surface area contributed by atoms with Crippen molar-refractivity contribution < 1.29 is 14.3 Å². The van der Waals surface area contributed by atoms with Crippen LogP contribution in [-0.4, -0.2) is 56.0 Å². The summed E-state index contributed by atoms with van der Waals surface area (Å²) in [6.45, 7) is 4.73. The first kappa shape index (κ1) is 21.5. The van der Waals surface area contributed by atoms with Crippen LogP contribution in [0, 0.1) is 5.92 Å². The summed E-state index contributed by atoms with van der Waals surface area (Å²) < 4.78 is 5.77. The van der Waals surface area contributed by atoms with Gasteiger partial charge in [-0.25, -0.2) is 0 Å². The van der Waals surface area contributed by atoms with Gasteiger partial charge in [-0.3, -0.25) is 19.5 Å². The molecule has 0 bridgehead atoms. The number of nitrogens with zero attached hydrogens (tertiary/aromatic N) is 2. The predicted octanol–water partition coefficient (Wildman–Crippen LogP) is 2.30. The molecule has 1 unspecified atom stereocenters. The van der Waals surface area contributed by atoms with Crippen molar-refractivity contribution in [3.8, 4) is 0 Å². The number of aliphatic imine (C=N–C) groups is 1. The molecule has 158 valence electrons. The Bertz CT molecular complexity index is 863. The number of benzene rings is 2. The number of fused-ring (bicyclic) bond motifs is 1. The van der Waals surface area contributed by atoms with Crippen LogP contribution in [0.25, 0.3) is 0 Å². The Hall–Kier alpha value is -3.19. The minimum Gasteiger partial charge on any atom is -0.376 e. The smallest absolute Gasteiger partial charge is 0.261 e. The van der Waals surface area contributed by atoms with Crippen molar-refractivity contribution in [2.75, 3.05) is 33.3 Å². The Morgan fingerprint density at radius 1 is 1.00 bits per heavy atom. The summed E-state index contributed by atoms with van der Waals surface area (Å²) in [5.41, 5.74) is 2.09. The van der Waals surface area contributed by atoms with E-state index in [1.54, 1.807) is 31.3 Å². The molecule has 0 saturated heterocycles. The molecular weight excluding hydrogens is 380 g/mol. The maximum absolute atomic E-state index is 12.4. The van der Waals surface area contributed by atoms with Gasteiger partial charge in [-0.05, 0) is 23.6 Å². The number of carbonyl (C=O) groups is 2. The number of carbonyl (C=O) groups excluding carboxylic acids is 2. The lowest BCUT2D eigenvalue weighted by molar-refractivity contribution is 0.0657. The highest BCUT2D eigenvalue weighted by molar-refractivity contribution is 6.21. The van der Waals surface area contributed by atoms with Crippen molar-refractivity contribution in [1.82, 2.24) is 15.5 Å². The minimum atomic E-state index is -0.246. The molecule has 3 rings (SSSR count). The summed E-state index contributed by atoms with van der Waals surface area (Å²) in [6.07, 6.45) is 0. The van der Waals surface area contributed by atoms with E-state index in [0.717, 1.165) is 5.56 Å². The molecule has 0 radical (unpaired) electrons. The summed E-state index contributed by atoms with van der Waals surface area (Å²) in [5.74, 6) is 0.430. The van der Waals surface area contributed by atoms with E-state index >= 15 is 0 Å². The van der Waals surface area contributed by atoms with Crippen LogP contribution in [0.15, 0.2) is 59.6 Å². The standard InChI is InChI=1S/C23H28N4O3/c1-17(15-30-16-18-8-4-3-5-9-18)14-26-23(24-2)25-12-13-27-21(28)19-10-6-7-11-20(19)22(27)29/h3-11,17H,12-16H2,1-2H3,(H2,24,25,26). The first-order valence-corrected chi connectivity index (χ1v) is 10.1. The first-order chi connectivity index (χ1) is 14.6. The highest BCUT2D eigenvalue weighted by atomic mass is 16.5. The van der Waals surface area contributed by atoms with Crippen LogP contribution >= 0.6 is 0 Å². The average molecular weight is 409 g/mol. The van der Waals surface area contributed by atoms with Crippen molar-refractivity contribution >= 4 is 17.8 Å². The van der Waals surface area contributed by atoms with Crippen LogP contribution < -0.4 is 10.6 Å². The fourth-order valence-electron chi connectivity index (χ4n) is 3.23. The fourth-order valence-corrected chi connectivity index (χ4v) is 3.23. The Balaban J connectivity index is 1.36. The van der Waals surface area contributed by atoms with E-state index in [2.05, 4.69) is 22.5 Å². The third kappa shape index (κ3) is 5.45. The molecule has 7 nitrogen and oxygen atoms in total. The highest BCUT2D eigenvalue weighted by Crippen LogP contribution is 2.21. The Morgan fingerprint density at radius 3 is 2.27 bits per heavy atom. The van der Waals surface area contributed by atoms with E-state index in [1.807, 2.05) is 30.3 Å². The molecule has 0 fully saturated rings. The number of hydrogen-bond acceptors (Lipinski definition) is 4. The van der Waals surface area contributed by atoms with Crippen molar-refractivity contribution in [2.24, 2.45) is 10.9 Å². The van der Waals surface area contributed by atoms with E-state index < -0.39 is 0 Å². The Morgan fingerprint density at radius 2 is 1.63 bits per heavy atom. The minimum absolute atomic E-state index is 0.246. The van der Waals surface area contributed by atoms with Gasteiger partial charge in [0.2, 0.25) is 0 Å². The van der Waals surface area contributed by atoms with Crippen LogP contribution in [0.4, 0.5) is 0 Å². The largest absolute Gasteiger partial charge is 0.376 e. The molecule has 1 aliphatic heterocycles.